The molecule has 1 N–H and O–H groups in total. The van der Waals surface area contributed by atoms with Crippen LogP contribution in [0.15, 0.2) is 28.7 Å². The molecule has 0 bridgehead atoms. The molecular formula is C18H25N3O3. The molecule has 1 aromatic carbocycles. The van der Waals surface area contributed by atoms with Gasteiger partial charge in [-0.1, -0.05) is 12.1 Å². The Bertz CT molecular complexity index is 629. The number of hydrogen-bond acceptors (Lipinski definition) is 5. The normalized spacial score (nSPS) is 15.8. The number of anilines is 1. The Morgan fingerprint density at radius 3 is 2.92 bits per heavy atom. The number of hydrogen-bond donors (Lipinski definition) is 1. The van der Waals surface area contributed by atoms with Crippen LogP contribution in [0, 0.1) is 5.92 Å². The van der Waals surface area contributed by atoms with Crippen LogP contribution in [0.4, 0.5) is 6.01 Å². The van der Waals surface area contributed by atoms with E-state index in [1.807, 2.05) is 31.2 Å². The van der Waals surface area contributed by atoms with Crippen molar-refractivity contribution in [3.8, 4) is 0 Å². The average Bonchev–Trinajstić information content (AvgIpc) is 3.05. The van der Waals surface area contributed by atoms with E-state index in [1.165, 1.54) is 0 Å². The van der Waals surface area contributed by atoms with Gasteiger partial charge in [-0.2, -0.15) is 4.98 Å². The summed E-state index contributed by atoms with van der Waals surface area (Å²) < 4.78 is 11.1. The Morgan fingerprint density at radius 1 is 1.38 bits per heavy atom. The number of nitrogens with one attached hydrogen (secondary N) is 1. The lowest BCUT2D eigenvalue weighted by Gasteiger charge is -2.30. The van der Waals surface area contributed by atoms with Gasteiger partial charge in [0.25, 0.3) is 6.01 Å². The van der Waals surface area contributed by atoms with Gasteiger partial charge in [0.05, 0.1) is 0 Å². The third-order valence-corrected chi connectivity index (χ3v) is 4.39. The highest BCUT2D eigenvalue weighted by Gasteiger charge is 2.26. The maximum atomic E-state index is 12.2. The zero-order valence-electron chi connectivity index (χ0n) is 14.2. The second kappa shape index (κ2) is 8.15. The maximum Gasteiger partial charge on any atom is 0.298 e. The predicted octanol–water partition coefficient (Wildman–Crippen LogP) is 2.59. The van der Waals surface area contributed by atoms with Crippen LogP contribution in [0.5, 0.6) is 0 Å². The number of fused-ring (bicyclic) bond motifs is 1. The third-order valence-electron chi connectivity index (χ3n) is 4.39. The molecule has 24 heavy (non-hydrogen) atoms. The maximum absolute atomic E-state index is 12.2. The number of ether oxygens (including phenoxy) is 1. The van der Waals surface area contributed by atoms with Gasteiger partial charge >= 0.3 is 0 Å². The molecule has 1 aliphatic rings. The number of amides is 1. The highest BCUT2D eigenvalue weighted by Crippen LogP contribution is 2.26. The van der Waals surface area contributed by atoms with Gasteiger partial charge in [-0.25, -0.2) is 0 Å². The van der Waals surface area contributed by atoms with Crippen LogP contribution in [0.25, 0.3) is 11.1 Å². The van der Waals surface area contributed by atoms with Gasteiger partial charge in [-0.05, 0) is 38.3 Å². The van der Waals surface area contributed by atoms with Crippen LogP contribution in [0.1, 0.15) is 26.2 Å². The molecule has 6 nitrogen and oxygen atoms in total. The van der Waals surface area contributed by atoms with E-state index in [-0.39, 0.29) is 11.8 Å². The Labute approximate surface area is 142 Å². The average molecular weight is 331 g/mol. The standard InChI is InChI=1S/C18H25N3O3/c1-2-23-13-5-10-19-17(22)14-8-11-21(12-9-14)18-20-15-6-3-4-7-16(15)24-18/h3-4,6-7,14H,2,5,8-13H2,1H3,(H,19,22). The monoisotopic (exact) mass is 331 g/mol. The fourth-order valence-corrected chi connectivity index (χ4v) is 3.00. The Morgan fingerprint density at radius 2 is 2.17 bits per heavy atom. The van der Waals surface area contributed by atoms with Crippen molar-refractivity contribution in [2.45, 2.75) is 26.2 Å². The minimum absolute atomic E-state index is 0.0812. The van der Waals surface area contributed by atoms with Gasteiger partial charge in [0, 0.05) is 38.8 Å². The van der Waals surface area contributed by atoms with E-state index in [0.717, 1.165) is 50.1 Å². The van der Waals surface area contributed by atoms with Crippen LogP contribution in [-0.4, -0.2) is 43.7 Å². The van der Waals surface area contributed by atoms with Crippen molar-refractivity contribution in [2.75, 3.05) is 37.7 Å². The summed E-state index contributed by atoms with van der Waals surface area (Å²) in [6, 6.07) is 8.43. The number of aromatic nitrogens is 1. The van der Waals surface area contributed by atoms with Crippen LogP contribution >= 0.6 is 0 Å². The first-order valence-electron chi connectivity index (χ1n) is 8.74. The van der Waals surface area contributed by atoms with E-state index < -0.39 is 0 Å². The number of para-hydroxylation sites is 2. The summed E-state index contributed by atoms with van der Waals surface area (Å²) in [4.78, 5) is 18.9. The fraction of sp³-hybridized carbons (Fsp3) is 0.556. The lowest BCUT2D eigenvalue weighted by Crippen LogP contribution is -2.41. The molecule has 0 unspecified atom stereocenters. The van der Waals surface area contributed by atoms with Crippen LogP contribution < -0.4 is 10.2 Å². The van der Waals surface area contributed by atoms with Crippen molar-refractivity contribution in [1.29, 1.82) is 0 Å². The van der Waals surface area contributed by atoms with Crippen molar-refractivity contribution in [2.24, 2.45) is 5.92 Å². The first-order chi connectivity index (χ1) is 11.8. The molecule has 0 radical (unpaired) electrons. The molecule has 1 aliphatic heterocycles. The molecule has 130 valence electrons. The van der Waals surface area contributed by atoms with Gasteiger partial charge in [0.15, 0.2) is 5.58 Å². The topological polar surface area (TPSA) is 67.6 Å². The molecule has 3 rings (SSSR count). The van der Waals surface area contributed by atoms with Crippen molar-refractivity contribution in [1.82, 2.24) is 10.3 Å². The first-order valence-corrected chi connectivity index (χ1v) is 8.74. The zero-order chi connectivity index (χ0) is 16.8. The highest BCUT2D eigenvalue weighted by molar-refractivity contribution is 5.79. The van der Waals surface area contributed by atoms with Gasteiger partial charge < -0.3 is 19.4 Å². The van der Waals surface area contributed by atoms with E-state index in [9.17, 15) is 4.79 Å². The summed E-state index contributed by atoms with van der Waals surface area (Å²) in [6.45, 7) is 5.68. The third kappa shape index (κ3) is 4.06. The lowest BCUT2D eigenvalue weighted by molar-refractivity contribution is -0.125. The molecule has 0 atom stereocenters. The van der Waals surface area contributed by atoms with Gasteiger partial charge in [-0.15, -0.1) is 0 Å². The number of benzene rings is 1. The number of oxazole rings is 1. The molecule has 0 spiro atoms. The molecule has 1 aromatic heterocycles. The number of rotatable bonds is 7. The van der Waals surface area contributed by atoms with Gasteiger partial charge in [0.1, 0.15) is 5.52 Å². The second-order valence-corrected chi connectivity index (χ2v) is 6.07. The summed E-state index contributed by atoms with van der Waals surface area (Å²) in [5.74, 6) is 0.237. The second-order valence-electron chi connectivity index (χ2n) is 6.07. The van der Waals surface area contributed by atoms with Gasteiger partial charge in [0.2, 0.25) is 5.91 Å². The van der Waals surface area contributed by atoms with E-state index in [1.54, 1.807) is 0 Å². The fourth-order valence-electron chi connectivity index (χ4n) is 3.00. The van der Waals surface area contributed by atoms with E-state index in [4.69, 9.17) is 9.15 Å². The van der Waals surface area contributed by atoms with Crippen molar-refractivity contribution < 1.29 is 13.9 Å². The van der Waals surface area contributed by atoms with Crippen LogP contribution in [0.3, 0.4) is 0 Å². The molecule has 6 heteroatoms. The minimum atomic E-state index is 0.0812. The summed E-state index contributed by atoms with van der Waals surface area (Å²) in [7, 11) is 0. The minimum Gasteiger partial charge on any atom is -0.423 e. The zero-order valence-corrected chi connectivity index (χ0v) is 14.2. The quantitative estimate of drug-likeness (QED) is 0.790. The molecule has 0 aliphatic carbocycles. The van der Waals surface area contributed by atoms with Gasteiger partial charge in [-0.3, -0.25) is 4.79 Å². The van der Waals surface area contributed by atoms with E-state index in [0.29, 0.717) is 19.2 Å². The van der Waals surface area contributed by atoms with Crippen molar-refractivity contribution in [3.05, 3.63) is 24.3 Å². The summed E-state index contributed by atoms with van der Waals surface area (Å²) >= 11 is 0. The Kier molecular flexibility index (Phi) is 5.69. The van der Waals surface area contributed by atoms with Crippen LogP contribution in [-0.2, 0) is 9.53 Å². The molecular weight excluding hydrogens is 306 g/mol. The summed E-state index contributed by atoms with van der Waals surface area (Å²) in [5.41, 5.74) is 1.68. The molecule has 2 heterocycles. The molecule has 2 aromatic rings. The number of nitrogens with zero attached hydrogens (tertiary/aromatic N) is 2. The smallest absolute Gasteiger partial charge is 0.298 e. The molecule has 0 saturated carbocycles. The summed E-state index contributed by atoms with van der Waals surface area (Å²) in [6.07, 6.45) is 2.52. The number of piperidine rings is 1. The summed E-state index contributed by atoms with van der Waals surface area (Å²) in [5, 5.41) is 3.01. The predicted molar refractivity (Wildman–Crippen MR) is 93.1 cm³/mol. The lowest BCUT2D eigenvalue weighted by atomic mass is 9.96. The first kappa shape index (κ1) is 16.8. The van der Waals surface area contributed by atoms with Crippen molar-refractivity contribution >= 4 is 23.0 Å². The molecule has 1 fully saturated rings. The van der Waals surface area contributed by atoms with Crippen LogP contribution in [0.2, 0.25) is 0 Å². The SMILES string of the molecule is CCOCCCNC(=O)C1CCN(c2nc3ccccc3o2)CC1. The Hall–Kier alpha value is -2.08. The van der Waals surface area contributed by atoms with Crippen molar-refractivity contribution in [3.63, 3.8) is 0 Å². The number of carbonyl (C=O) groups is 1. The van der Waals surface area contributed by atoms with E-state index >= 15 is 0 Å². The number of carbonyl (C=O) groups excluding carboxylic acids is 1. The Balaban J connectivity index is 1.46. The molecule has 1 amide bonds. The largest absolute Gasteiger partial charge is 0.423 e. The van der Waals surface area contributed by atoms with E-state index in [2.05, 4.69) is 15.2 Å². The highest BCUT2D eigenvalue weighted by atomic mass is 16.5. The molecule has 1 saturated heterocycles.